The molecule has 1 aromatic heterocycles. The highest BCUT2D eigenvalue weighted by Gasteiger charge is 2.32. The highest BCUT2D eigenvalue weighted by molar-refractivity contribution is 7.13. The van der Waals surface area contributed by atoms with Gasteiger partial charge in [-0.3, -0.25) is 9.59 Å². The molecule has 1 heterocycles. The number of carbonyl (C=O) groups is 2. The SMILES string of the molecule is Cc1ccc(C(=O)NCC2CCCC2C(=O)O)s1. The molecule has 1 aromatic rings. The Bertz CT molecular complexity index is 455. The fourth-order valence-corrected chi connectivity index (χ4v) is 3.26. The summed E-state index contributed by atoms with van der Waals surface area (Å²) in [6, 6.07) is 3.72. The summed E-state index contributed by atoms with van der Waals surface area (Å²) in [4.78, 5) is 24.7. The van der Waals surface area contributed by atoms with E-state index in [0.717, 1.165) is 24.1 Å². The van der Waals surface area contributed by atoms with Gasteiger partial charge in [0.1, 0.15) is 0 Å². The number of nitrogens with one attached hydrogen (secondary N) is 1. The maximum Gasteiger partial charge on any atom is 0.306 e. The average Bonchev–Trinajstić information content (AvgIpc) is 2.94. The summed E-state index contributed by atoms with van der Waals surface area (Å²) < 4.78 is 0. The second-order valence-electron chi connectivity index (χ2n) is 4.76. The average molecular weight is 267 g/mol. The molecule has 1 fully saturated rings. The van der Waals surface area contributed by atoms with Gasteiger partial charge in [0.05, 0.1) is 10.8 Å². The zero-order valence-electron chi connectivity index (χ0n) is 10.3. The van der Waals surface area contributed by atoms with Gasteiger partial charge in [-0.1, -0.05) is 6.42 Å². The third-order valence-corrected chi connectivity index (χ3v) is 4.46. The van der Waals surface area contributed by atoms with Crippen molar-refractivity contribution in [3.05, 3.63) is 21.9 Å². The van der Waals surface area contributed by atoms with Crippen LogP contribution in [0.15, 0.2) is 12.1 Å². The van der Waals surface area contributed by atoms with E-state index in [1.165, 1.54) is 11.3 Å². The lowest BCUT2D eigenvalue weighted by Gasteiger charge is -2.15. The normalized spacial score (nSPS) is 22.9. The van der Waals surface area contributed by atoms with Crippen LogP contribution in [-0.2, 0) is 4.79 Å². The van der Waals surface area contributed by atoms with Gasteiger partial charge in [-0.2, -0.15) is 0 Å². The number of carboxylic acids is 1. The van der Waals surface area contributed by atoms with E-state index in [0.29, 0.717) is 11.4 Å². The summed E-state index contributed by atoms with van der Waals surface area (Å²) >= 11 is 1.46. The summed E-state index contributed by atoms with van der Waals surface area (Å²) in [7, 11) is 0. The fourth-order valence-electron chi connectivity index (χ4n) is 2.47. The van der Waals surface area contributed by atoms with Crippen LogP contribution in [-0.4, -0.2) is 23.5 Å². The van der Waals surface area contributed by atoms with Crippen molar-refractivity contribution in [2.45, 2.75) is 26.2 Å². The molecule has 0 aromatic carbocycles. The smallest absolute Gasteiger partial charge is 0.306 e. The third-order valence-electron chi connectivity index (χ3n) is 3.47. The van der Waals surface area contributed by atoms with Crippen molar-refractivity contribution in [2.75, 3.05) is 6.54 Å². The minimum Gasteiger partial charge on any atom is -0.481 e. The number of thiophene rings is 1. The summed E-state index contributed by atoms with van der Waals surface area (Å²) in [6.45, 7) is 2.42. The molecule has 98 valence electrons. The van der Waals surface area contributed by atoms with Crippen molar-refractivity contribution in [1.82, 2.24) is 5.32 Å². The predicted octanol–water partition coefficient (Wildman–Crippen LogP) is 2.29. The van der Waals surface area contributed by atoms with Gasteiger partial charge in [0.2, 0.25) is 0 Å². The van der Waals surface area contributed by atoms with Crippen LogP contribution in [0.4, 0.5) is 0 Å². The number of amides is 1. The molecule has 2 atom stereocenters. The highest BCUT2D eigenvalue weighted by atomic mass is 32.1. The number of rotatable bonds is 4. The molecule has 4 nitrogen and oxygen atoms in total. The van der Waals surface area contributed by atoms with Crippen LogP contribution >= 0.6 is 11.3 Å². The van der Waals surface area contributed by atoms with E-state index in [1.54, 1.807) is 6.07 Å². The molecule has 1 aliphatic carbocycles. The Kier molecular flexibility index (Phi) is 4.01. The second kappa shape index (κ2) is 5.52. The molecule has 2 rings (SSSR count). The van der Waals surface area contributed by atoms with Crippen LogP contribution in [0.2, 0.25) is 0 Å². The van der Waals surface area contributed by atoms with Gasteiger partial charge in [-0.25, -0.2) is 0 Å². The Labute approximate surface area is 110 Å². The van der Waals surface area contributed by atoms with Crippen LogP contribution in [0.25, 0.3) is 0 Å². The van der Waals surface area contributed by atoms with E-state index >= 15 is 0 Å². The van der Waals surface area contributed by atoms with E-state index in [9.17, 15) is 9.59 Å². The van der Waals surface area contributed by atoms with Gasteiger partial charge in [0, 0.05) is 11.4 Å². The molecule has 0 spiro atoms. The first-order valence-corrected chi connectivity index (χ1v) is 6.97. The van der Waals surface area contributed by atoms with E-state index in [1.807, 2.05) is 13.0 Å². The van der Waals surface area contributed by atoms with Crippen molar-refractivity contribution in [1.29, 1.82) is 0 Å². The third kappa shape index (κ3) is 2.90. The number of hydrogen-bond acceptors (Lipinski definition) is 3. The number of aryl methyl sites for hydroxylation is 1. The molecular formula is C13H17NO3S. The summed E-state index contributed by atoms with van der Waals surface area (Å²) in [5, 5.41) is 11.9. The number of hydrogen-bond donors (Lipinski definition) is 2. The first-order valence-electron chi connectivity index (χ1n) is 6.15. The molecule has 2 N–H and O–H groups in total. The maximum absolute atomic E-state index is 11.8. The lowest BCUT2D eigenvalue weighted by Crippen LogP contribution is -2.32. The molecule has 1 aliphatic rings. The van der Waals surface area contributed by atoms with E-state index in [-0.39, 0.29) is 17.7 Å². The molecule has 0 bridgehead atoms. The van der Waals surface area contributed by atoms with E-state index < -0.39 is 5.97 Å². The summed E-state index contributed by atoms with van der Waals surface area (Å²) in [5.74, 6) is -1.05. The molecule has 0 saturated heterocycles. The standard InChI is InChI=1S/C13H17NO3S/c1-8-5-6-11(18-8)12(15)14-7-9-3-2-4-10(9)13(16)17/h5-6,9-10H,2-4,7H2,1H3,(H,14,15)(H,16,17). The van der Waals surface area contributed by atoms with Crippen molar-refractivity contribution < 1.29 is 14.7 Å². The van der Waals surface area contributed by atoms with Crippen molar-refractivity contribution >= 4 is 23.2 Å². The van der Waals surface area contributed by atoms with E-state index in [4.69, 9.17) is 5.11 Å². The Morgan fingerprint density at radius 1 is 1.44 bits per heavy atom. The van der Waals surface area contributed by atoms with Crippen LogP contribution in [0.5, 0.6) is 0 Å². The molecule has 5 heteroatoms. The maximum atomic E-state index is 11.8. The van der Waals surface area contributed by atoms with Gasteiger partial charge in [-0.15, -0.1) is 11.3 Å². The first-order chi connectivity index (χ1) is 8.58. The van der Waals surface area contributed by atoms with Crippen LogP contribution < -0.4 is 5.32 Å². The monoisotopic (exact) mass is 267 g/mol. The van der Waals surface area contributed by atoms with Crippen LogP contribution in [0, 0.1) is 18.8 Å². The van der Waals surface area contributed by atoms with Gasteiger partial charge in [0.25, 0.3) is 5.91 Å². The molecule has 18 heavy (non-hydrogen) atoms. The lowest BCUT2D eigenvalue weighted by molar-refractivity contribution is -0.142. The summed E-state index contributed by atoms with van der Waals surface area (Å²) in [5.41, 5.74) is 0. The molecule has 1 saturated carbocycles. The van der Waals surface area contributed by atoms with E-state index in [2.05, 4.69) is 5.32 Å². The number of aliphatic carboxylic acids is 1. The topological polar surface area (TPSA) is 66.4 Å². The van der Waals surface area contributed by atoms with Crippen molar-refractivity contribution in [3.63, 3.8) is 0 Å². The van der Waals surface area contributed by atoms with Gasteiger partial charge < -0.3 is 10.4 Å². The summed E-state index contributed by atoms with van der Waals surface area (Å²) in [6.07, 6.45) is 2.56. The molecule has 2 unspecified atom stereocenters. The van der Waals surface area contributed by atoms with Crippen LogP contribution in [0.3, 0.4) is 0 Å². The molecule has 1 amide bonds. The first kappa shape index (κ1) is 13.1. The minimum atomic E-state index is -0.737. The molecular weight excluding hydrogens is 250 g/mol. The van der Waals surface area contributed by atoms with Crippen LogP contribution in [0.1, 0.15) is 33.8 Å². The minimum absolute atomic E-state index is 0.0764. The number of carboxylic acid groups (broad SMARTS) is 1. The van der Waals surface area contributed by atoms with Crippen molar-refractivity contribution in [3.8, 4) is 0 Å². The zero-order valence-corrected chi connectivity index (χ0v) is 11.1. The quantitative estimate of drug-likeness (QED) is 0.879. The molecule has 0 radical (unpaired) electrons. The number of carbonyl (C=O) groups excluding carboxylic acids is 1. The van der Waals surface area contributed by atoms with Gasteiger partial charge >= 0.3 is 5.97 Å². The second-order valence-corrected chi connectivity index (χ2v) is 6.04. The van der Waals surface area contributed by atoms with Gasteiger partial charge in [0.15, 0.2) is 0 Å². The zero-order chi connectivity index (χ0) is 13.1. The predicted molar refractivity (Wildman–Crippen MR) is 69.9 cm³/mol. The lowest BCUT2D eigenvalue weighted by atomic mass is 9.96. The Balaban J connectivity index is 1.88. The Morgan fingerprint density at radius 3 is 2.83 bits per heavy atom. The Morgan fingerprint density at radius 2 is 2.22 bits per heavy atom. The largest absolute Gasteiger partial charge is 0.481 e. The fraction of sp³-hybridized carbons (Fsp3) is 0.538. The Hall–Kier alpha value is -1.36. The van der Waals surface area contributed by atoms with Gasteiger partial charge in [-0.05, 0) is 37.8 Å². The molecule has 0 aliphatic heterocycles. The highest BCUT2D eigenvalue weighted by Crippen LogP contribution is 2.31. The van der Waals surface area contributed by atoms with Crippen molar-refractivity contribution in [2.24, 2.45) is 11.8 Å².